The average molecular weight is 371 g/mol. The lowest BCUT2D eigenvalue weighted by molar-refractivity contribution is -0.116. The molecule has 2 aromatic carbocycles. The molecular weight excluding hydrogens is 356 g/mol. The highest BCUT2D eigenvalue weighted by Gasteiger charge is 2.12. The van der Waals surface area contributed by atoms with Crippen LogP contribution in [0.4, 0.5) is 5.69 Å². The molecule has 0 spiro atoms. The maximum Gasteiger partial charge on any atom is 0.251 e. The minimum Gasteiger partial charge on any atom is -0.355 e. The zero-order valence-electron chi connectivity index (χ0n) is 13.8. The number of anilines is 1. The molecule has 0 aliphatic heterocycles. The van der Waals surface area contributed by atoms with Gasteiger partial charge in [0.05, 0.1) is 22.4 Å². The van der Waals surface area contributed by atoms with Gasteiger partial charge in [0, 0.05) is 18.0 Å². The predicted octanol–water partition coefficient (Wildman–Crippen LogP) is 2.05. The summed E-state index contributed by atoms with van der Waals surface area (Å²) in [6, 6.07) is 11.5. The first-order valence-electron chi connectivity index (χ1n) is 7.76. The van der Waals surface area contributed by atoms with Crippen molar-refractivity contribution >= 4 is 40.0 Å². The second kappa shape index (κ2) is 7.37. The Morgan fingerprint density at radius 2 is 1.96 bits per heavy atom. The maximum absolute atomic E-state index is 12.4. The van der Waals surface area contributed by atoms with Crippen LogP contribution >= 0.6 is 11.6 Å². The number of para-hydroxylation sites is 1. The molecule has 0 bridgehead atoms. The molecule has 8 heteroatoms. The van der Waals surface area contributed by atoms with Crippen LogP contribution in [0.3, 0.4) is 0 Å². The molecule has 3 rings (SSSR count). The van der Waals surface area contributed by atoms with Crippen LogP contribution in [-0.2, 0) is 11.3 Å². The van der Waals surface area contributed by atoms with E-state index in [4.69, 9.17) is 11.6 Å². The van der Waals surface area contributed by atoms with E-state index in [9.17, 15) is 14.4 Å². The van der Waals surface area contributed by atoms with Gasteiger partial charge in [0.2, 0.25) is 11.3 Å². The number of halogens is 1. The van der Waals surface area contributed by atoms with Crippen molar-refractivity contribution in [1.82, 2.24) is 15.1 Å². The van der Waals surface area contributed by atoms with Gasteiger partial charge < -0.3 is 10.6 Å². The fourth-order valence-corrected chi connectivity index (χ4v) is 2.68. The lowest BCUT2D eigenvalue weighted by Gasteiger charge is -2.11. The van der Waals surface area contributed by atoms with Crippen LogP contribution in [0.2, 0.25) is 5.02 Å². The third-order valence-electron chi connectivity index (χ3n) is 3.79. The van der Waals surface area contributed by atoms with Crippen molar-refractivity contribution in [3.63, 3.8) is 0 Å². The van der Waals surface area contributed by atoms with E-state index in [1.54, 1.807) is 30.3 Å². The van der Waals surface area contributed by atoms with Gasteiger partial charge in [-0.2, -0.15) is 5.10 Å². The van der Waals surface area contributed by atoms with Gasteiger partial charge in [-0.3, -0.25) is 19.1 Å². The molecule has 3 aromatic rings. The van der Waals surface area contributed by atoms with Gasteiger partial charge >= 0.3 is 0 Å². The highest BCUT2D eigenvalue weighted by Crippen LogP contribution is 2.23. The number of carbonyl (C=O) groups is 2. The lowest BCUT2D eigenvalue weighted by Crippen LogP contribution is -2.23. The molecule has 1 heterocycles. The Bertz CT molecular complexity index is 1060. The molecule has 0 aliphatic rings. The number of rotatable bonds is 4. The summed E-state index contributed by atoms with van der Waals surface area (Å²) in [5, 5.41) is 9.98. The number of hydrogen-bond acceptors (Lipinski definition) is 4. The first-order valence-corrected chi connectivity index (χ1v) is 8.13. The highest BCUT2D eigenvalue weighted by atomic mass is 35.5. The number of nitrogens with one attached hydrogen (secondary N) is 2. The third-order valence-corrected chi connectivity index (χ3v) is 4.11. The Labute approximate surface area is 153 Å². The molecule has 0 saturated carbocycles. The summed E-state index contributed by atoms with van der Waals surface area (Å²) in [6.45, 7) is -0.110. The zero-order valence-corrected chi connectivity index (χ0v) is 14.6. The average Bonchev–Trinajstić information content (AvgIpc) is 2.65. The smallest absolute Gasteiger partial charge is 0.251 e. The molecule has 0 saturated heterocycles. The molecule has 0 unspecified atom stereocenters. The molecule has 2 N–H and O–H groups in total. The van der Waals surface area contributed by atoms with Crippen molar-refractivity contribution in [3.8, 4) is 0 Å². The molecule has 0 fully saturated rings. The van der Waals surface area contributed by atoms with Gasteiger partial charge in [-0.05, 0) is 30.3 Å². The molecule has 0 aliphatic carbocycles. The van der Waals surface area contributed by atoms with E-state index in [0.29, 0.717) is 27.2 Å². The number of aromatic nitrogens is 2. The van der Waals surface area contributed by atoms with Gasteiger partial charge in [-0.15, -0.1) is 0 Å². The first-order chi connectivity index (χ1) is 12.5. The van der Waals surface area contributed by atoms with E-state index in [-0.39, 0.29) is 23.8 Å². The minimum absolute atomic E-state index is 0.110. The predicted molar refractivity (Wildman–Crippen MR) is 99.5 cm³/mol. The summed E-state index contributed by atoms with van der Waals surface area (Å²) in [5.41, 5.74) is 1.04. The summed E-state index contributed by atoms with van der Waals surface area (Å²) in [4.78, 5) is 36.0. The van der Waals surface area contributed by atoms with Gasteiger partial charge in [0.25, 0.3) is 5.91 Å². The molecule has 7 nitrogen and oxygen atoms in total. The molecule has 0 radical (unpaired) electrons. The Morgan fingerprint density at radius 1 is 1.19 bits per heavy atom. The highest BCUT2D eigenvalue weighted by molar-refractivity contribution is 6.33. The van der Waals surface area contributed by atoms with Gasteiger partial charge in [0.1, 0.15) is 6.54 Å². The summed E-state index contributed by atoms with van der Waals surface area (Å²) in [5.74, 6) is -0.674. The SMILES string of the molecule is CNC(=O)c1ccc(Cl)c(NC(=O)Cn2ncc(=O)c3ccccc32)c1. The number of benzene rings is 2. The van der Waals surface area contributed by atoms with Crippen molar-refractivity contribution < 1.29 is 9.59 Å². The molecule has 1 aromatic heterocycles. The van der Waals surface area contributed by atoms with E-state index in [1.165, 1.54) is 30.1 Å². The second-order valence-electron chi connectivity index (χ2n) is 5.51. The summed E-state index contributed by atoms with van der Waals surface area (Å²) in [6.07, 6.45) is 1.18. The van der Waals surface area contributed by atoms with E-state index in [0.717, 1.165) is 0 Å². The normalized spacial score (nSPS) is 10.5. The molecule has 26 heavy (non-hydrogen) atoms. The quantitative estimate of drug-likeness (QED) is 0.735. The summed E-state index contributed by atoms with van der Waals surface area (Å²) < 4.78 is 1.43. The van der Waals surface area contributed by atoms with Crippen LogP contribution in [0.15, 0.2) is 53.5 Å². The summed E-state index contributed by atoms with van der Waals surface area (Å²) >= 11 is 6.10. The molecular formula is C18H15ClN4O3. The van der Waals surface area contributed by atoms with Crippen molar-refractivity contribution in [1.29, 1.82) is 0 Å². The van der Waals surface area contributed by atoms with Crippen LogP contribution in [0.5, 0.6) is 0 Å². The lowest BCUT2D eigenvalue weighted by atomic mass is 10.2. The van der Waals surface area contributed by atoms with Crippen LogP contribution in [0, 0.1) is 0 Å². The van der Waals surface area contributed by atoms with E-state index in [2.05, 4.69) is 15.7 Å². The molecule has 0 atom stereocenters. The molecule has 132 valence electrons. The third kappa shape index (κ3) is 3.57. The monoisotopic (exact) mass is 370 g/mol. The number of fused-ring (bicyclic) bond motifs is 1. The van der Waals surface area contributed by atoms with Crippen LogP contribution in [0.1, 0.15) is 10.4 Å². The Balaban J connectivity index is 1.85. The topological polar surface area (TPSA) is 93.1 Å². The van der Waals surface area contributed by atoms with Gasteiger partial charge in [0.15, 0.2) is 0 Å². The minimum atomic E-state index is -0.387. The zero-order chi connectivity index (χ0) is 18.7. The van der Waals surface area contributed by atoms with Crippen molar-refractivity contribution in [2.75, 3.05) is 12.4 Å². The van der Waals surface area contributed by atoms with Crippen LogP contribution < -0.4 is 16.1 Å². The standard InChI is InChI=1S/C18H15ClN4O3/c1-20-18(26)11-6-7-13(19)14(8-11)22-17(25)10-23-15-5-3-2-4-12(15)16(24)9-21-23/h2-9H,10H2,1H3,(H,20,26)(H,22,25). The largest absolute Gasteiger partial charge is 0.355 e. The van der Waals surface area contributed by atoms with Crippen molar-refractivity contribution in [2.45, 2.75) is 6.54 Å². The van der Waals surface area contributed by atoms with Crippen molar-refractivity contribution in [2.24, 2.45) is 0 Å². The van der Waals surface area contributed by atoms with Crippen LogP contribution in [-0.4, -0.2) is 28.6 Å². The number of carbonyl (C=O) groups excluding carboxylic acids is 2. The fourth-order valence-electron chi connectivity index (χ4n) is 2.52. The van der Waals surface area contributed by atoms with E-state index in [1.807, 2.05) is 0 Å². The van der Waals surface area contributed by atoms with Gasteiger partial charge in [-0.1, -0.05) is 23.7 Å². The Hall–Kier alpha value is -3.19. The Morgan fingerprint density at radius 3 is 2.73 bits per heavy atom. The van der Waals surface area contributed by atoms with Gasteiger partial charge in [-0.25, -0.2) is 0 Å². The van der Waals surface area contributed by atoms with E-state index >= 15 is 0 Å². The maximum atomic E-state index is 12.4. The number of amides is 2. The number of nitrogens with zero attached hydrogens (tertiary/aromatic N) is 2. The Kier molecular flexibility index (Phi) is 4.99. The number of hydrogen-bond donors (Lipinski definition) is 2. The first kappa shape index (κ1) is 17.6. The summed E-state index contributed by atoms with van der Waals surface area (Å²) in [7, 11) is 1.52. The van der Waals surface area contributed by atoms with Crippen molar-refractivity contribution in [3.05, 3.63) is 69.5 Å². The van der Waals surface area contributed by atoms with Crippen LogP contribution in [0.25, 0.3) is 10.9 Å². The molecule has 2 amide bonds. The van der Waals surface area contributed by atoms with E-state index < -0.39 is 0 Å². The fraction of sp³-hybridized carbons (Fsp3) is 0.111. The second-order valence-corrected chi connectivity index (χ2v) is 5.91.